The van der Waals surface area contributed by atoms with E-state index in [9.17, 15) is 9.18 Å². The van der Waals surface area contributed by atoms with Crippen LogP contribution < -0.4 is 10.6 Å². The molecule has 104 valence electrons. The molecular formula is C14H11Cl2FN2O. The fraction of sp³-hybridized carbons (Fsp3) is 0.0714. The van der Waals surface area contributed by atoms with Crippen LogP contribution in [0.25, 0.3) is 0 Å². The second-order valence-corrected chi connectivity index (χ2v) is 4.91. The Bertz CT molecular complexity index is 614. The molecule has 2 aromatic rings. The van der Waals surface area contributed by atoms with Gasteiger partial charge in [0.05, 0.1) is 12.2 Å². The quantitative estimate of drug-likeness (QED) is 0.889. The summed E-state index contributed by atoms with van der Waals surface area (Å²) < 4.78 is 13.3. The highest BCUT2D eigenvalue weighted by atomic mass is 35.5. The predicted octanol–water partition coefficient (Wildman–Crippen LogP) is 4.18. The molecule has 0 bridgehead atoms. The first-order chi connectivity index (χ1) is 9.54. The molecule has 3 nitrogen and oxygen atoms in total. The molecule has 0 spiro atoms. The lowest BCUT2D eigenvalue weighted by atomic mass is 10.3. The maximum atomic E-state index is 13.3. The van der Waals surface area contributed by atoms with Crippen LogP contribution in [-0.4, -0.2) is 12.5 Å². The Morgan fingerprint density at radius 2 is 1.75 bits per heavy atom. The van der Waals surface area contributed by atoms with E-state index in [1.807, 2.05) is 0 Å². The minimum Gasteiger partial charge on any atom is -0.376 e. The lowest BCUT2D eigenvalue weighted by Gasteiger charge is -2.09. The van der Waals surface area contributed by atoms with Crippen molar-refractivity contribution in [3.8, 4) is 0 Å². The van der Waals surface area contributed by atoms with Gasteiger partial charge >= 0.3 is 0 Å². The molecule has 0 aliphatic heterocycles. The van der Waals surface area contributed by atoms with Gasteiger partial charge in [-0.15, -0.1) is 0 Å². The molecule has 1 amide bonds. The van der Waals surface area contributed by atoms with Crippen molar-refractivity contribution in [2.24, 2.45) is 0 Å². The summed E-state index contributed by atoms with van der Waals surface area (Å²) in [6.07, 6.45) is 0. The Labute approximate surface area is 125 Å². The molecule has 0 fully saturated rings. The lowest BCUT2D eigenvalue weighted by molar-refractivity contribution is -0.114. The van der Waals surface area contributed by atoms with Crippen molar-refractivity contribution >= 4 is 40.5 Å². The average Bonchev–Trinajstić information content (AvgIpc) is 2.38. The summed E-state index contributed by atoms with van der Waals surface area (Å²) in [5.74, 6) is -0.849. The first kappa shape index (κ1) is 14.6. The van der Waals surface area contributed by atoms with Crippen LogP contribution >= 0.6 is 23.2 Å². The van der Waals surface area contributed by atoms with Gasteiger partial charge in [-0.1, -0.05) is 35.3 Å². The SMILES string of the molecule is O=C(CNc1cc(Cl)cc(Cl)c1)Nc1ccccc1F. The van der Waals surface area contributed by atoms with Gasteiger partial charge in [-0.05, 0) is 30.3 Å². The molecular weight excluding hydrogens is 302 g/mol. The third kappa shape index (κ3) is 4.11. The largest absolute Gasteiger partial charge is 0.376 e. The molecule has 0 aliphatic carbocycles. The molecule has 0 aliphatic rings. The second-order valence-electron chi connectivity index (χ2n) is 4.04. The number of hydrogen-bond acceptors (Lipinski definition) is 2. The van der Waals surface area contributed by atoms with Crippen LogP contribution in [0, 0.1) is 5.82 Å². The molecule has 2 aromatic carbocycles. The van der Waals surface area contributed by atoms with Crippen molar-refractivity contribution in [1.29, 1.82) is 0 Å². The van der Waals surface area contributed by atoms with Crippen LogP contribution in [0.15, 0.2) is 42.5 Å². The number of benzene rings is 2. The topological polar surface area (TPSA) is 41.1 Å². The van der Waals surface area contributed by atoms with E-state index < -0.39 is 5.82 Å². The van der Waals surface area contributed by atoms with E-state index in [-0.39, 0.29) is 18.1 Å². The van der Waals surface area contributed by atoms with Crippen LogP contribution in [0.5, 0.6) is 0 Å². The van der Waals surface area contributed by atoms with Gasteiger partial charge < -0.3 is 10.6 Å². The Morgan fingerprint density at radius 3 is 2.40 bits per heavy atom. The number of halogens is 3. The number of hydrogen-bond donors (Lipinski definition) is 2. The number of anilines is 2. The highest BCUT2D eigenvalue weighted by Crippen LogP contribution is 2.22. The van der Waals surface area contributed by atoms with Crippen LogP contribution in [-0.2, 0) is 4.79 Å². The smallest absolute Gasteiger partial charge is 0.243 e. The van der Waals surface area contributed by atoms with E-state index in [4.69, 9.17) is 23.2 Å². The Kier molecular flexibility index (Phi) is 4.82. The molecule has 0 saturated heterocycles. The average molecular weight is 313 g/mol. The third-order valence-corrected chi connectivity index (χ3v) is 2.90. The van der Waals surface area contributed by atoms with Gasteiger partial charge in [0.1, 0.15) is 5.82 Å². The van der Waals surface area contributed by atoms with Gasteiger partial charge in [0, 0.05) is 15.7 Å². The molecule has 2 N–H and O–H groups in total. The number of carbonyl (C=O) groups excluding carboxylic acids is 1. The molecule has 0 unspecified atom stereocenters. The summed E-state index contributed by atoms with van der Waals surface area (Å²) in [6.45, 7) is -0.0228. The minimum absolute atomic E-state index is 0.0228. The van der Waals surface area contributed by atoms with E-state index >= 15 is 0 Å². The fourth-order valence-corrected chi connectivity index (χ4v) is 2.12. The van der Waals surface area contributed by atoms with Crippen molar-refractivity contribution in [3.05, 3.63) is 58.3 Å². The fourth-order valence-electron chi connectivity index (χ4n) is 1.60. The number of para-hydroxylation sites is 1. The first-order valence-corrected chi connectivity index (χ1v) is 6.54. The van der Waals surface area contributed by atoms with Gasteiger partial charge in [0.2, 0.25) is 5.91 Å². The molecule has 6 heteroatoms. The summed E-state index contributed by atoms with van der Waals surface area (Å²) in [5, 5.41) is 6.26. The van der Waals surface area contributed by atoms with Gasteiger partial charge in [0.25, 0.3) is 0 Å². The standard InChI is InChI=1S/C14H11Cl2FN2O/c15-9-5-10(16)7-11(6-9)18-8-14(20)19-13-4-2-1-3-12(13)17/h1-7,18H,8H2,(H,19,20). The molecule has 0 heterocycles. The maximum absolute atomic E-state index is 13.3. The summed E-state index contributed by atoms with van der Waals surface area (Å²) in [5.41, 5.74) is 0.759. The normalized spacial score (nSPS) is 10.2. The molecule has 0 radical (unpaired) electrons. The third-order valence-electron chi connectivity index (χ3n) is 2.46. The van der Waals surface area contributed by atoms with Gasteiger partial charge in [0.15, 0.2) is 0 Å². The highest BCUT2D eigenvalue weighted by molar-refractivity contribution is 6.35. The summed E-state index contributed by atoms with van der Waals surface area (Å²) in [7, 11) is 0. The number of nitrogens with one attached hydrogen (secondary N) is 2. The van der Waals surface area contributed by atoms with Crippen LogP contribution in [0.1, 0.15) is 0 Å². The maximum Gasteiger partial charge on any atom is 0.243 e. The summed E-state index contributed by atoms with van der Waals surface area (Å²) in [6, 6.07) is 10.8. The predicted molar refractivity (Wildman–Crippen MR) is 80.0 cm³/mol. The van der Waals surface area contributed by atoms with Gasteiger partial charge in [-0.25, -0.2) is 4.39 Å². The first-order valence-electron chi connectivity index (χ1n) is 5.79. The Morgan fingerprint density at radius 1 is 1.10 bits per heavy atom. The van der Waals surface area contributed by atoms with Crippen LogP contribution in [0.3, 0.4) is 0 Å². The van der Waals surface area contributed by atoms with E-state index in [0.29, 0.717) is 15.7 Å². The zero-order chi connectivity index (χ0) is 14.5. The lowest BCUT2D eigenvalue weighted by Crippen LogP contribution is -2.22. The summed E-state index contributed by atoms with van der Waals surface area (Å²) in [4.78, 5) is 11.7. The van der Waals surface area contributed by atoms with Crippen LogP contribution in [0.4, 0.5) is 15.8 Å². The number of amides is 1. The van der Waals surface area contributed by atoms with Gasteiger partial charge in [-0.3, -0.25) is 4.79 Å². The van der Waals surface area contributed by atoms with Crippen molar-refractivity contribution < 1.29 is 9.18 Å². The second kappa shape index (κ2) is 6.59. The van der Waals surface area contributed by atoms with E-state index in [1.54, 1.807) is 30.3 Å². The van der Waals surface area contributed by atoms with Gasteiger partial charge in [-0.2, -0.15) is 0 Å². The number of carbonyl (C=O) groups is 1. The Hall–Kier alpha value is -1.78. The van der Waals surface area contributed by atoms with Crippen molar-refractivity contribution in [1.82, 2.24) is 0 Å². The summed E-state index contributed by atoms with van der Waals surface area (Å²) >= 11 is 11.7. The molecule has 2 rings (SSSR count). The molecule has 0 aromatic heterocycles. The molecule has 0 saturated carbocycles. The highest BCUT2D eigenvalue weighted by Gasteiger charge is 2.06. The molecule has 20 heavy (non-hydrogen) atoms. The molecule has 0 atom stereocenters. The van der Waals surface area contributed by atoms with Crippen molar-refractivity contribution in [3.63, 3.8) is 0 Å². The number of rotatable bonds is 4. The Balaban J connectivity index is 1.94. The van der Waals surface area contributed by atoms with E-state index in [2.05, 4.69) is 10.6 Å². The van der Waals surface area contributed by atoms with Crippen LogP contribution in [0.2, 0.25) is 10.0 Å². The monoisotopic (exact) mass is 312 g/mol. The van der Waals surface area contributed by atoms with Crippen molar-refractivity contribution in [2.75, 3.05) is 17.2 Å². The van der Waals surface area contributed by atoms with Crippen molar-refractivity contribution in [2.45, 2.75) is 0 Å². The minimum atomic E-state index is -0.480. The van der Waals surface area contributed by atoms with E-state index in [1.165, 1.54) is 12.1 Å². The zero-order valence-electron chi connectivity index (χ0n) is 10.3. The zero-order valence-corrected chi connectivity index (χ0v) is 11.8. The van der Waals surface area contributed by atoms with E-state index in [0.717, 1.165) is 0 Å².